The van der Waals surface area contributed by atoms with Gasteiger partial charge in [0.05, 0.1) is 0 Å². The first-order chi connectivity index (χ1) is 7.20. The summed E-state index contributed by atoms with van der Waals surface area (Å²) < 4.78 is 6.22. The van der Waals surface area contributed by atoms with Gasteiger partial charge in [0.2, 0.25) is 0 Å². The van der Waals surface area contributed by atoms with Crippen LogP contribution in [0, 0.1) is 6.92 Å². The minimum Gasteiger partial charge on any atom is -0.452 e. The fraction of sp³-hybridized carbons (Fsp3) is 0.0909. The highest BCUT2D eigenvalue weighted by Crippen LogP contribution is 2.23. The molecule has 0 bridgehead atoms. The maximum Gasteiger partial charge on any atom is 0.185 e. The van der Waals surface area contributed by atoms with Gasteiger partial charge in [-0.2, -0.15) is 0 Å². The van der Waals surface area contributed by atoms with Gasteiger partial charge in [-0.05, 0) is 46.6 Å². The molecule has 15 heavy (non-hydrogen) atoms. The second-order valence-corrected chi connectivity index (χ2v) is 3.99. The third-order valence-corrected chi connectivity index (χ3v) is 2.87. The first kappa shape index (κ1) is 10.1. The molecule has 0 fully saturated rings. The van der Waals surface area contributed by atoms with Crippen molar-refractivity contribution < 1.29 is 9.21 Å². The Labute approximate surface area is 95.3 Å². The zero-order valence-corrected chi connectivity index (χ0v) is 9.61. The highest BCUT2D eigenvalue weighted by atomic mass is 79.9. The van der Waals surface area contributed by atoms with Crippen molar-refractivity contribution in [3.63, 3.8) is 0 Å². The summed E-state index contributed by atoms with van der Waals surface area (Å²) in [6.45, 7) is 1.97. The summed E-state index contributed by atoms with van der Waals surface area (Å²) >= 11 is 3.37. The first-order valence-electron chi connectivity index (χ1n) is 4.38. The molecule has 2 aromatic heterocycles. The third-order valence-electron chi connectivity index (χ3n) is 2.04. The zero-order chi connectivity index (χ0) is 10.8. The summed E-state index contributed by atoms with van der Waals surface area (Å²) in [7, 11) is 0. The van der Waals surface area contributed by atoms with Gasteiger partial charge in [-0.3, -0.25) is 9.78 Å². The van der Waals surface area contributed by atoms with Crippen LogP contribution in [0.4, 0.5) is 0 Å². The van der Waals surface area contributed by atoms with E-state index in [0.717, 1.165) is 15.7 Å². The molecule has 0 saturated carbocycles. The number of aryl methyl sites for hydroxylation is 1. The first-order valence-corrected chi connectivity index (χ1v) is 5.17. The van der Waals surface area contributed by atoms with E-state index in [0.29, 0.717) is 17.8 Å². The van der Waals surface area contributed by atoms with Crippen LogP contribution < -0.4 is 0 Å². The number of rotatable bonds is 2. The lowest BCUT2D eigenvalue weighted by molar-refractivity contribution is 0.110. The summed E-state index contributed by atoms with van der Waals surface area (Å²) in [5.41, 5.74) is 1.80. The molecule has 2 aromatic rings. The average molecular weight is 266 g/mol. The normalized spacial score (nSPS) is 10.3. The predicted octanol–water partition coefficient (Wildman–Crippen LogP) is 3.23. The Hall–Kier alpha value is -1.42. The van der Waals surface area contributed by atoms with Crippen LogP contribution >= 0.6 is 15.9 Å². The summed E-state index contributed by atoms with van der Waals surface area (Å²) in [6, 6.07) is 5.26. The van der Waals surface area contributed by atoms with Gasteiger partial charge in [0, 0.05) is 10.7 Å². The predicted molar refractivity (Wildman–Crippen MR) is 59.8 cm³/mol. The van der Waals surface area contributed by atoms with Crippen molar-refractivity contribution in [3.05, 3.63) is 40.2 Å². The monoisotopic (exact) mass is 265 g/mol. The van der Waals surface area contributed by atoms with Crippen molar-refractivity contribution in [1.82, 2.24) is 4.98 Å². The number of carbonyl (C=O) groups is 1. The molecule has 0 radical (unpaired) electrons. The number of hydrogen-bond donors (Lipinski definition) is 0. The van der Waals surface area contributed by atoms with Crippen molar-refractivity contribution in [2.75, 3.05) is 0 Å². The number of aromatic nitrogens is 1. The molecule has 0 N–H and O–H groups in total. The fourth-order valence-electron chi connectivity index (χ4n) is 1.23. The standard InChI is InChI=1S/C11H8BrNO2/c1-7-4-10(13-5-9(7)12)11-3-2-8(6-14)15-11/h2-6H,1H3. The SMILES string of the molecule is Cc1cc(-c2ccc(C=O)o2)ncc1Br. The summed E-state index contributed by atoms with van der Waals surface area (Å²) in [4.78, 5) is 14.7. The quantitative estimate of drug-likeness (QED) is 0.784. The molecule has 0 spiro atoms. The molecule has 0 aliphatic carbocycles. The van der Waals surface area contributed by atoms with E-state index in [1.807, 2.05) is 13.0 Å². The number of carbonyl (C=O) groups excluding carboxylic acids is 1. The van der Waals surface area contributed by atoms with Crippen molar-refractivity contribution in [1.29, 1.82) is 0 Å². The van der Waals surface area contributed by atoms with Crippen molar-refractivity contribution >= 4 is 22.2 Å². The van der Waals surface area contributed by atoms with Gasteiger partial charge in [-0.1, -0.05) is 0 Å². The van der Waals surface area contributed by atoms with Gasteiger partial charge in [-0.15, -0.1) is 0 Å². The number of nitrogens with zero attached hydrogens (tertiary/aromatic N) is 1. The highest BCUT2D eigenvalue weighted by molar-refractivity contribution is 9.10. The van der Waals surface area contributed by atoms with E-state index in [4.69, 9.17) is 4.42 Å². The van der Waals surface area contributed by atoms with Gasteiger partial charge in [0.15, 0.2) is 17.8 Å². The molecule has 0 aliphatic rings. The molecule has 0 saturated heterocycles. The van der Waals surface area contributed by atoms with Crippen LogP contribution in [0.2, 0.25) is 0 Å². The van der Waals surface area contributed by atoms with Gasteiger partial charge < -0.3 is 4.42 Å². The number of halogens is 1. The van der Waals surface area contributed by atoms with Crippen LogP contribution in [-0.2, 0) is 0 Å². The zero-order valence-electron chi connectivity index (χ0n) is 8.03. The van der Waals surface area contributed by atoms with Crippen LogP contribution in [0.3, 0.4) is 0 Å². The number of pyridine rings is 1. The lowest BCUT2D eigenvalue weighted by Gasteiger charge is -1.99. The molecule has 0 aromatic carbocycles. The van der Waals surface area contributed by atoms with E-state index in [9.17, 15) is 4.79 Å². The van der Waals surface area contributed by atoms with E-state index < -0.39 is 0 Å². The van der Waals surface area contributed by atoms with Crippen molar-refractivity contribution in [2.24, 2.45) is 0 Å². The Balaban J connectivity index is 2.44. The summed E-state index contributed by atoms with van der Waals surface area (Å²) in [5, 5.41) is 0. The van der Waals surface area contributed by atoms with Gasteiger partial charge in [0.1, 0.15) is 5.69 Å². The van der Waals surface area contributed by atoms with Crippen LogP contribution in [0.5, 0.6) is 0 Å². The molecule has 0 aliphatic heterocycles. The molecule has 2 rings (SSSR count). The van der Waals surface area contributed by atoms with Crippen LogP contribution in [0.25, 0.3) is 11.5 Å². The third kappa shape index (κ3) is 1.99. The van der Waals surface area contributed by atoms with Crippen LogP contribution in [0.1, 0.15) is 16.1 Å². The lowest BCUT2D eigenvalue weighted by Crippen LogP contribution is -1.84. The molecule has 0 atom stereocenters. The largest absolute Gasteiger partial charge is 0.452 e. The van der Waals surface area contributed by atoms with Crippen LogP contribution in [-0.4, -0.2) is 11.3 Å². The molecule has 4 heteroatoms. The topological polar surface area (TPSA) is 43.1 Å². The second-order valence-electron chi connectivity index (χ2n) is 3.14. The minimum absolute atomic E-state index is 0.312. The van der Waals surface area contributed by atoms with E-state index in [-0.39, 0.29) is 0 Å². The summed E-state index contributed by atoms with van der Waals surface area (Å²) in [5.74, 6) is 0.917. The number of aldehydes is 1. The van der Waals surface area contributed by atoms with E-state index >= 15 is 0 Å². The van der Waals surface area contributed by atoms with E-state index in [2.05, 4.69) is 20.9 Å². The fourth-order valence-corrected chi connectivity index (χ4v) is 1.44. The molecule has 3 nitrogen and oxygen atoms in total. The Morgan fingerprint density at radius 3 is 2.87 bits per heavy atom. The molecule has 2 heterocycles. The highest BCUT2D eigenvalue weighted by Gasteiger charge is 2.06. The Morgan fingerprint density at radius 2 is 2.27 bits per heavy atom. The van der Waals surface area contributed by atoms with Gasteiger partial charge >= 0.3 is 0 Å². The maximum atomic E-state index is 10.5. The molecular weight excluding hydrogens is 258 g/mol. The summed E-state index contributed by atoms with van der Waals surface area (Å²) in [6.07, 6.45) is 2.39. The maximum absolute atomic E-state index is 10.5. The Morgan fingerprint density at radius 1 is 1.47 bits per heavy atom. The number of furan rings is 1. The second kappa shape index (κ2) is 3.98. The van der Waals surface area contributed by atoms with Crippen LogP contribution in [0.15, 0.2) is 33.3 Å². The Bertz CT molecular complexity index is 505. The van der Waals surface area contributed by atoms with Crippen molar-refractivity contribution in [3.8, 4) is 11.5 Å². The van der Waals surface area contributed by atoms with Gasteiger partial charge in [0.25, 0.3) is 0 Å². The van der Waals surface area contributed by atoms with Gasteiger partial charge in [-0.25, -0.2) is 0 Å². The van der Waals surface area contributed by atoms with E-state index in [1.165, 1.54) is 0 Å². The van der Waals surface area contributed by atoms with Crippen molar-refractivity contribution in [2.45, 2.75) is 6.92 Å². The number of hydrogen-bond acceptors (Lipinski definition) is 3. The smallest absolute Gasteiger partial charge is 0.185 e. The lowest BCUT2D eigenvalue weighted by atomic mass is 10.2. The average Bonchev–Trinajstić information content (AvgIpc) is 2.70. The molecule has 0 amide bonds. The molecule has 76 valence electrons. The minimum atomic E-state index is 0.312. The molecule has 0 unspecified atom stereocenters. The van der Waals surface area contributed by atoms with E-state index in [1.54, 1.807) is 18.3 Å². The Kier molecular flexibility index (Phi) is 2.68. The molecular formula is C11H8BrNO2.